The third-order valence-electron chi connectivity index (χ3n) is 7.61. The van der Waals surface area contributed by atoms with Crippen LogP contribution >= 0.6 is 15.6 Å². The van der Waals surface area contributed by atoms with Gasteiger partial charge in [-0.25, -0.2) is 28.5 Å². The fraction of sp³-hybridized carbons (Fsp3) is 0.500. The maximum absolute atomic E-state index is 15.8. The molecular weight excluding hydrogens is 603 g/mol. The quantitative estimate of drug-likeness (QED) is 0.297. The first kappa shape index (κ1) is 29.2. The summed E-state index contributed by atoms with van der Waals surface area (Å²) in [7, 11) is -9.61. The van der Waals surface area contributed by atoms with Crippen LogP contribution in [0, 0.1) is 11.8 Å². The van der Waals surface area contributed by atoms with E-state index in [-0.39, 0.29) is 41.8 Å². The van der Waals surface area contributed by atoms with Crippen molar-refractivity contribution in [1.29, 1.82) is 0 Å². The molecule has 1 saturated carbocycles. The summed E-state index contributed by atoms with van der Waals surface area (Å²) < 4.78 is 69.4. The predicted molar refractivity (Wildman–Crippen MR) is 138 cm³/mol. The lowest BCUT2D eigenvalue weighted by Gasteiger charge is -2.45. The van der Waals surface area contributed by atoms with E-state index in [1.165, 1.54) is 23.2 Å². The minimum atomic E-state index is -4.88. The largest absolute Gasteiger partial charge is 0.472 e. The summed E-state index contributed by atoms with van der Waals surface area (Å²) in [4.78, 5) is 48.4. The zero-order chi connectivity index (χ0) is 29.8. The third kappa shape index (κ3) is 5.57. The molecule has 0 spiro atoms. The number of carbonyl (C=O) groups excluding carboxylic acids is 1. The van der Waals surface area contributed by atoms with Crippen molar-refractivity contribution in [3.8, 4) is 0 Å². The molecule has 3 aromatic heterocycles. The number of halogens is 1. The zero-order valence-corrected chi connectivity index (χ0v) is 23.4. The van der Waals surface area contributed by atoms with Gasteiger partial charge in [-0.1, -0.05) is 0 Å². The topological polar surface area (TPSA) is 246 Å². The first-order valence-corrected chi connectivity index (χ1v) is 15.7. The molecule has 6 rings (SSSR count). The smallest absolute Gasteiger partial charge is 0.382 e. The Kier molecular flexibility index (Phi) is 7.62. The van der Waals surface area contributed by atoms with Gasteiger partial charge in [-0.3, -0.25) is 32.4 Å². The predicted octanol–water partition coefficient (Wildman–Crippen LogP) is 1.21. The van der Waals surface area contributed by atoms with Gasteiger partial charge in [0.15, 0.2) is 23.9 Å². The van der Waals surface area contributed by atoms with Crippen molar-refractivity contribution in [1.82, 2.24) is 24.5 Å². The fourth-order valence-electron chi connectivity index (χ4n) is 5.44. The second-order valence-corrected chi connectivity index (χ2v) is 13.0. The summed E-state index contributed by atoms with van der Waals surface area (Å²) in [5, 5.41) is 0. The lowest BCUT2D eigenvalue weighted by atomic mass is 9.63. The number of amides is 1. The minimum absolute atomic E-state index is 0.0346. The number of hydrogen-bond donors (Lipinski definition) is 4. The highest BCUT2D eigenvalue weighted by Crippen LogP contribution is 2.56. The molecule has 0 bridgehead atoms. The Morgan fingerprint density at radius 1 is 1.07 bits per heavy atom. The van der Waals surface area contributed by atoms with Crippen LogP contribution in [0.3, 0.4) is 0 Å². The van der Waals surface area contributed by atoms with Crippen LogP contribution in [0.4, 0.5) is 10.2 Å². The summed E-state index contributed by atoms with van der Waals surface area (Å²) >= 11 is 0. The highest BCUT2D eigenvalue weighted by atomic mass is 31.2. The number of nitrogens with two attached hydrogens (primary N) is 2. The van der Waals surface area contributed by atoms with E-state index in [0.717, 1.165) is 6.33 Å². The number of anilines is 1. The number of ether oxygens (including phenoxy) is 1. The zero-order valence-electron chi connectivity index (χ0n) is 21.6. The average molecular weight is 629 g/mol. The van der Waals surface area contributed by atoms with Crippen LogP contribution < -0.4 is 11.5 Å². The molecule has 2 saturated heterocycles. The maximum atomic E-state index is 15.8. The SMILES string of the molecule is NC(=O)c1cc([C@@H]2C[C@@H]3COP(=O)(O)O[C@H]4[C@@H](F)[C@H](n5cnc6c(N)ncnc65)O[C@@H]4COP(=O)(O)OC[C@H]32)ccn1. The van der Waals surface area contributed by atoms with E-state index in [4.69, 9.17) is 34.3 Å². The molecular formula is C22H26FN7O10P2. The number of nitrogens with zero attached hydrogens (tertiary/aromatic N) is 5. The number of alkyl halides is 1. The first-order valence-electron chi connectivity index (χ1n) is 12.7. The number of rotatable bonds is 3. The van der Waals surface area contributed by atoms with Gasteiger partial charge in [-0.05, 0) is 41.9 Å². The van der Waals surface area contributed by atoms with Crippen LogP contribution in [0.2, 0.25) is 0 Å². The Balaban J connectivity index is 1.24. The van der Waals surface area contributed by atoms with Gasteiger partial charge in [0.2, 0.25) is 0 Å². The molecule has 0 aromatic carbocycles. The first-order chi connectivity index (χ1) is 19.9. The standard InChI is InChI=1S/C22H26FN7O10P2/c23-16-18-15(39-22(16)30-9-29-17-19(24)27-8-28-21(17)30)7-38-41(32,33)37-6-13-11(5-36-42(34,35)40-18)3-12(13)10-1-2-26-14(4-10)20(25)31/h1-2,4,8-9,11-13,15-16,18,22H,3,5-7H2,(H2,25,31)(H,32,33)(H,34,35)(H2,24,27,28)/t11-,12+,13-,15-,16-,18-,22-/m1/s1. The van der Waals surface area contributed by atoms with Crippen LogP contribution in [-0.4, -0.2) is 78.4 Å². The van der Waals surface area contributed by atoms with Gasteiger partial charge in [-0.15, -0.1) is 0 Å². The molecule has 1 aliphatic carbocycles. The van der Waals surface area contributed by atoms with Gasteiger partial charge in [0.05, 0.1) is 26.1 Å². The molecule has 2 unspecified atom stereocenters. The number of carbonyl (C=O) groups is 1. The lowest BCUT2D eigenvalue weighted by molar-refractivity contribution is -0.0465. The number of hydrogen-bond acceptors (Lipinski definition) is 13. The normalized spacial score (nSPS) is 37.5. The van der Waals surface area contributed by atoms with Crippen molar-refractivity contribution in [3.63, 3.8) is 0 Å². The van der Waals surface area contributed by atoms with E-state index in [0.29, 0.717) is 12.0 Å². The molecule has 226 valence electrons. The summed E-state index contributed by atoms with van der Waals surface area (Å²) in [5.74, 6) is -1.90. The average Bonchev–Trinajstić information content (AvgIpc) is 3.48. The number of imidazole rings is 1. The monoisotopic (exact) mass is 629 g/mol. The number of phosphoric ester groups is 2. The van der Waals surface area contributed by atoms with Crippen molar-refractivity contribution >= 4 is 38.5 Å². The maximum Gasteiger partial charge on any atom is 0.472 e. The number of fused-ring (bicyclic) bond motifs is 3. The van der Waals surface area contributed by atoms with E-state index in [1.807, 2.05) is 0 Å². The number of primary amides is 1. The molecule has 0 radical (unpaired) electrons. The molecule has 42 heavy (non-hydrogen) atoms. The van der Waals surface area contributed by atoms with Crippen LogP contribution in [0.1, 0.15) is 34.6 Å². The van der Waals surface area contributed by atoms with Crippen molar-refractivity contribution in [2.45, 2.75) is 36.9 Å². The van der Waals surface area contributed by atoms with Crippen LogP contribution in [-0.2, 0) is 32.0 Å². The van der Waals surface area contributed by atoms with E-state index in [1.54, 1.807) is 6.07 Å². The third-order valence-corrected chi connectivity index (χ3v) is 9.55. The Hall–Kier alpha value is -2.92. The molecule has 3 aromatic rings. The van der Waals surface area contributed by atoms with Gasteiger partial charge in [-0.2, -0.15) is 0 Å². The Labute approximate surface area is 236 Å². The van der Waals surface area contributed by atoms with Crippen molar-refractivity contribution in [3.05, 3.63) is 42.2 Å². The molecule has 9 atom stereocenters. The van der Waals surface area contributed by atoms with E-state index < -0.39 is 64.6 Å². The lowest BCUT2D eigenvalue weighted by Crippen LogP contribution is -2.40. The molecule has 3 aliphatic rings. The second kappa shape index (κ2) is 11.0. The van der Waals surface area contributed by atoms with Gasteiger partial charge >= 0.3 is 15.6 Å². The summed E-state index contributed by atoms with van der Waals surface area (Å²) in [5.41, 5.74) is 12.1. The van der Waals surface area contributed by atoms with E-state index in [2.05, 4.69) is 19.9 Å². The number of aromatic nitrogens is 5. The Morgan fingerprint density at radius 2 is 1.83 bits per heavy atom. The fourth-order valence-corrected chi connectivity index (χ4v) is 7.21. The van der Waals surface area contributed by atoms with Gasteiger partial charge in [0, 0.05) is 6.20 Å². The van der Waals surface area contributed by atoms with Crippen molar-refractivity contribution in [2.24, 2.45) is 17.6 Å². The molecule has 1 amide bonds. The Morgan fingerprint density at radius 3 is 2.62 bits per heavy atom. The number of phosphoric acid groups is 2. The minimum Gasteiger partial charge on any atom is -0.382 e. The second-order valence-electron chi connectivity index (χ2n) is 10.1. The van der Waals surface area contributed by atoms with Gasteiger partial charge in [0.25, 0.3) is 5.91 Å². The molecule has 5 heterocycles. The highest BCUT2D eigenvalue weighted by molar-refractivity contribution is 7.47. The summed E-state index contributed by atoms with van der Waals surface area (Å²) in [6, 6.07) is 3.16. The van der Waals surface area contributed by atoms with Gasteiger partial charge < -0.3 is 26.0 Å². The molecule has 17 nitrogen and oxygen atoms in total. The number of pyridine rings is 1. The van der Waals surface area contributed by atoms with E-state index in [9.17, 15) is 23.7 Å². The summed E-state index contributed by atoms with van der Waals surface area (Å²) in [6.45, 7) is -1.37. The molecule has 6 N–H and O–H groups in total. The van der Waals surface area contributed by atoms with Crippen LogP contribution in [0.15, 0.2) is 31.0 Å². The van der Waals surface area contributed by atoms with Crippen molar-refractivity contribution in [2.75, 3.05) is 25.6 Å². The molecule has 20 heteroatoms. The molecule has 3 fully saturated rings. The van der Waals surface area contributed by atoms with Crippen LogP contribution in [0.25, 0.3) is 11.2 Å². The van der Waals surface area contributed by atoms with E-state index >= 15 is 4.39 Å². The molecule has 2 aliphatic heterocycles. The van der Waals surface area contributed by atoms with Crippen LogP contribution in [0.5, 0.6) is 0 Å². The highest BCUT2D eigenvalue weighted by Gasteiger charge is 2.52. The summed E-state index contributed by atoms with van der Waals surface area (Å²) in [6.07, 6.45) is -2.67. The van der Waals surface area contributed by atoms with Crippen molar-refractivity contribution < 1.29 is 50.9 Å². The van der Waals surface area contributed by atoms with Gasteiger partial charge in [0.1, 0.15) is 29.7 Å². The Bertz CT molecular complexity index is 1610. The number of nitrogen functional groups attached to an aromatic ring is 1.